The molecule has 0 radical (unpaired) electrons. The predicted octanol–water partition coefficient (Wildman–Crippen LogP) is 2.16. The number of aryl methyl sites for hydroxylation is 2. The van der Waals surface area contributed by atoms with Gasteiger partial charge in [-0.15, -0.1) is 6.58 Å². The monoisotopic (exact) mass is 233 g/mol. The van der Waals surface area contributed by atoms with E-state index in [0.29, 0.717) is 13.0 Å². The van der Waals surface area contributed by atoms with E-state index in [1.54, 1.807) is 13.2 Å². The lowest BCUT2D eigenvalue weighted by atomic mass is 10.0. The standard InChI is InChI=1S/C14H19NO2/c1-5-6-15-14(16)9-12-7-11(3)13(17-4)8-10(12)2/h5,7-8H,1,6,9H2,2-4H3,(H,15,16). The molecule has 1 rings (SSSR count). The van der Waals surface area contributed by atoms with E-state index in [9.17, 15) is 4.79 Å². The van der Waals surface area contributed by atoms with Crippen molar-refractivity contribution < 1.29 is 9.53 Å². The molecular formula is C14H19NO2. The van der Waals surface area contributed by atoms with Gasteiger partial charge in [-0.25, -0.2) is 0 Å². The zero-order valence-electron chi connectivity index (χ0n) is 10.7. The Balaban J connectivity index is 2.81. The summed E-state index contributed by atoms with van der Waals surface area (Å²) >= 11 is 0. The maximum atomic E-state index is 11.6. The maximum absolute atomic E-state index is 11.6. The second kappa shape index (κ2) is 6.09. The summed E-state index contributed by atoms with van der Waals surface area (Å²) in [6.07, 6.45) is 2.06. The summed E-state index contributed by atoms with van der Waals surface area (Å²) in [4.78, 5) is 11.6. The van der Waals surface area contributed by atoms with Gasteiger partial charge >= 0.3 is 0 Å². The van der Waals surface area contributed by atoms with E-state index < -0.39 is 0 Å². The van der Waals surface area contributed by atoms with Crippen molar-refractivity contribution in [3.8, 4) is 5.75 Å². The van der Waals surface area contributed by atoms with Gasteiger partial charge < -0.3 is 10.1 Å². The minimum absolute atomic E-state index is 0.0116. The van der Waals surface area contributed by atoms with Gasteiger partial charge in [0.05, 0.1) is 13.5 Å². The number of amides is 1. The Morgan fingerprint density at radius 2 is 2.12 bits per heavy atom. The lowest BCUT2D eigenvalue weighted by molar-refractivity contribution is -0.120. The largest absolute Gasteiger partial charge is 0.496 e. The molecule has 0 saturated heterocycles. The molecule has 3 nitrogen and oxygen atoms in total. The zero-order valence-corrected chi connectivity index (χ0v) is 10.7. The number of methoxy groups -OCH3 is 1. The van der Waals surface area contributed by atoms with Crippen LogP contribution in [0.4, 0.5) is 0 Å². The minimum atomic E-state index is 0.0116. The van der Waals surface area contributed by atoms with Crippen molar-refractivity contribution in [1.29, 1.82) is 0 Å². The summed E-state index contributed by atoms with van der Waals surface area (Å²) in [7, 11) is 1.65. The third-order valence-electron chi connectivity index (χ3n) is 2.65. The Morgan fingerprint density at radius 1 is 1.41 bits per heavy atom. The number of carbonyl (C=O) groups is 1. The summed E-state index contributed by atoms with van der Waals surface area (Å²) in [5.41, 5.74) is 3.15. The second-order valence-corrected chi connectivity index (χ2v) is 4.02. The first kappa shape index (κ1) is 13.3. The molecule has 1 amide bonds. The number of hydrogen-bond donors (Lipinski definition) is 1. The first-order chi connectivity index (χ1) is 8.08. The van der Waals surface area contributed by atoms with E-state index in [1.807, 2.05) is 26.0 Å². The fourth-order valence-electron chi connectivity index (χ4n) is 1.68. The quantitative estimate of drug-likeness (QED) is 0.791. The van der Waals surface area contributed by atoms with E-state index in [2.05, 4.69) is 11.9 Å². The summed E-state index contributed by atoms with van der Waals surface area (Å²) in [5.74, 6) is 0.871. The van der Waals surface area contributed by atoms with E-state index >= 15 is 0 Å². The van der Waals surface area contributed by atoms with Gasteiger partial charge in [-0.1, -0.05) is 12.1 Å². The van der Waals surface area contributed by atoms with Crippen molar-refractivity contribution >= 4 is 5.91 Å². The number of carbonyl (C=O) groups excluding carboxylic acids is 1. The smallest absolute Gasteiger partial charge is 0.224 e. The highest BCUT2D eigenvalue weighted by atomic mass is 16.5. The number of benzene rings is 1. The molecule has 3 heteroatoms. The molecule has 1 N–H and O–H groups in total. The zero-order chi connectivity index (χ0) is 12.8. The third kappa shape index (κ3) is 3.63. The van der Waals surface area contributed by atoms with Crippen LogP contribution in [0.5, 0.6) is 5.75 Å². The molecular weight excluding hydrogens is 214 g/mol. The van der Waals surface area contributed by atoms with Gasteiger partial charge in [-0.05, 0) is 36.6 Å². The average Bonchev–Trinajstić information content (AvgIpc) is 2.30. The van der Waals surface area contributed by atoms with Crippen molar-refractivity contribution in [3.05, 3.63) is 41.5 Å². The normalized spacial score (nSPS) is 9.82. The van der Waals surface area contributed by atoms with Gasteiger partial charge in [-0.2, -0.15) is 0 Å². The molecule has 1 aromatic carbocycles. The van der Waals surface area contributed by atoms with Gasteiger partial charge in [0.25, 0.3) is 0 Å². The Kier molecular flexibility index (Phi) is 4.76. The van der Waals surface area contributed by atoms with E-state index in [1.165, 1.54) is 0 Å². The molecule has 0 heterocycles. The van der Waals surface area contributed by atoms with Crippen LogP contribution in [-0.4, -0.2) is 19.6 Å². The minimum Gasteiger partial charge on any atom is -0.496 e. The van der Waals surface area contributed by atoms with Crippen LogP contribution in [0.25, 0.3) is 0 Å². The van der Waals surface area contributed by atoms with E-state index in [-0.39, 0.29) is 5.91 Å². The summed E-state index contributed by atoms with van der Waals surface area (Å²) < 4.78 is 5.24. The fraction of sp³-hybridized carbons (Fsp3) is 0.357. The average molecular weight is 233 g/mol. The van der Waals surface area contributed by atoms with Gasteiger partial charge in [0.2, 0.25) is 5.91 Å². The topological polar surface area (TPSA) is 38.3 Å². The van der Waals surface area contributed by atoms with Crippen LogP contribution in [0.1, 0.15) is 16.7 Å². The fourth-order valence-corrected chi connectivity index (χ4v) is 1.68. The van der Waals surface area contributed by atoms with Crippen LogP contribution in [-0.2, 0) is 11.2 Å². The Bertz CT molecular complexity index is 424. The predicted molar refractivity (Wildman–Crippen MR) is 69.4 cm³/mol. The lowest BCUT2D eigenvalue weighted by Crippen LogP contribution is -2.25. The van der Waals surface area contributed by atoms with Crippen LogP contribution in [0, 0.1) is 13.8 Å². The summed E-state index contributed by atoms with van der Waals surface area (Å²) in [6.45, 7) is 8.03. The molecule has 0 unspecified atom stereocenters. The molecule has 0 bridgehead atoms. The molecule has 0 aliphatic carbocycles. The number of ether oxygens (including phenoxy) is 1. The highest BCUT2D eigenvalue weighted by Gasteiger charge is 2.08. The van der Waals surface area contributed by atoms with Gasteiger partial charge in [0, 0.05) is 6.54 Å². The molecule has 92 valence electrons. The van der Waals surface area contributed by atoms with Crippen LogP contribution in [0.15, 0.2) is 24.8 Å². The molecule has 0 aliphatic heterocycles. The van der Waals surface area contributed by atoms with Crippen molar-refractivity contribution in [2.45, 2.75) is 20.3 Å². The molecule has 1 aromatic rings. The molecule has 17 heavy (non-hydrogen) atoms. The van der Waals surface area contributed by atoms with Crippen LogP contribution in [0.2, 0.25) is 0 Å². The highest BCUT2D eigenvalue weighted by molar-refractivity contribution is 5.79. The molecule has 0 saturated carbocycles. The van der Waals surface area contributed by atoms with Gasteiger partial charge in [0.15, 0.2) is 0 Å². The summed E-state index contributed by atoms with van der Waals surface area (Å²) in [6, 6.07) is 3.97. The summed E-state index contributed by atoms with van der Waals surface area (Å²) in [5, 5.41) is 2.77. The Hall–Kier alpha value is -1.77. The van der Waals surface area contributed by atoms with Crippen molar-refractivity contribution in [1.82, 2.24) is 5.32 Å². The van der Waals surface area contributed by atoms with Crippen LogP contribution in [0.3, 0.4) is 0 Å². The van der Waals surface area contributed by atoms with Crippen molar-refractivity contribution in [2.24, 2.45) is 0 Å². The van der Waals surface area contributed by atoms with Crippen LogP contribution >= 0.6 is 0 Å². The highest BCUT2D eigenvalue weighted by Crippen LogP contribution is 2.22. The first-order valence-corrected chi connectivity index (χ1v) is 5.60. The van der Waals surface area contributed by atoms with Crippen molar-refractivity contribution in [3.63, 3.8) is 0 Å². The van der Waals surface area contributed by atoms with E-state index in [4.69, 9.17) is 4.74 Å². The van der Waals surface area contributed by atoms with E-state index in [0.717, 1.165) is 22.4 Å². The first-order valence-electron chi connectivity index (χ1n) is 5.60. The van der Waals surface area contributed by atoms with Gasteiger partial charge in [0.1, 0.15) is 5.75 Å². The molecule has 0 aromatic heterocycles. The van der Waals surface area contributed by atoms with Crippen LogP contribution < -0.4 is 10.1 Å². The maximum Gasteiger partial charge on any atom is 0.224 e. The SMILES string of the molecule is C=CCNC(=O)Cc1cc(C)c(OC)cc1C. The number of rotatable bonds is 5. The molecule has 0 atom stereocenters. The lowest BCUT2D eigenvalue weighted by Gasteiger charge is -2.11. The molecule has 0 fully saturated rings. The Labute approximate surface area is 102 Å². The third-order valence-corrected chi connectivity index (χ3v) is 2.65. The van der Waals surface area contributed by atoms with Gasteiger partial charge in [-0.3, -0.25) is 4.79 Å². The molecule has 0 spiro atoms. The van der Waals surface area contributed by atoms with Crippen molar-refractivity contribution in [2.75, 3.05) is 13.7 Å². The second-order valence-electron chi connectivity index (χ2n) is 4.02. The number of nitrogens with one attached hydrogen (secondary N) is 1. The number of hydrogen-bond acceptors (Lipinski definition) is 2. The Morgan fingerprint density at radius 3 is 2.71 bits per heavy atom. The molecule has 0 aliphatic rings.